The van der Waals surface area contributed by atoms with Crippen LogP contribution in [0.5, 0.6) is 0 Å². The number of rotatable bonds is 7. The Bertz CT molecular complexity index is 1110. The molecule has 154 valence electrons. The van der Waals surface area contributed by atoms with E-state index in [2.05, 4.69) is 15.3 Å². The normalized spacial score (nSPS) is 12.1. The molecule has 1 atom stereocenters. The Kier molecular flexibility index (Phi) is 6.41. The number of ketones is 1. The summed E-state index contributed by atoms with van der Waals surface area (Å²) in [6.07, 6.45) is 6.45. The molecule has 0 aliphatic heterocycles. The number of allylic oxidation sites excluding steroid dienone is 1. The number of carbonyl (C=O) groups excluding carboxylic acids is 3. The summed E-state index contributed by atoms with van der Waals surface area (Å²) in [5.74, 6) is -0.643. The Morgan fingerprint density at radius 3 is 2.57 bits per heavy atom. The van der Waals surface area contributed by atoms with Crippen molar-refractivity contribution < 1.29 is 19.1 Å². The second-order valence-corrected chi connectivity index (χ2v) is 7.02. The minimum Gasteiger partial charge on any atom is -0.461 e. The third-order valence-electron chi connectivity index (χ3n) is 4.46. The smallest absolute Gasteiger partial charge is 0.302 e. The third-order valence-corrected chi connectivity index (χ3v) is 4.46. The Morgan fingerprint density at radius 2 is 1.90 bits per heavy atom. The van der Waals surface area contributed by atoms with Crippen molar-refractivity contribution in [2.45, 2.75) is 26.9 Å². The van der Waals surface area contributed by atoms with Gasteiger partial charge in [0.15, 0.2) is 5.78 Å². The standard InChI is InChI=1S/C23H23N3O4/c1-14(27)4-5-19-12-24-22-21(19)10-20(13-25-22)17-6-8-18(9-7-17)23(29)26-11-15(2)30-16(3)28/h4-10,12-13,15H,11H2,1-3H3,(H,24,25)(H,26,29)/b5-4+/t15-/m0/s1. The number of amides is 1. The molecule has 7 nitrogen and oxygen atoms in total. The van der Waals surface area contributed by atoms with E-state index in [1.54, 1.807) is 31.3 Å². The van der Waals surface area contributed by atoms with Crippen LogP contribution in [-0.2, 0) is 14.3 Å². The second kappa shape index (κ2) is 9.17. The summed E-state index contributed by atoms with van der Waals surface area (Å²) in [5, 5.41) is 3.66. The van der Waals surface area contributed by atoms with Gasteiger partial charge in [0, 0.05) is 41.4 Å². The van der Waals surface area contributed by atoms with Gasteiger partial charge in [0.05, 0.1) is 6.54 Å². The summed E-state index contributed by atoms with van der Waals surface area (Å²) in [6.45, 7) is 4.79. The number of hydrogen-bond donors (Lipinski definition) is 2. The van der Waals surface area contributed by atoms with Crippen molar-refractivity contribution in [3.05, 3.63) is 59.9 Å². The molecular weight excluding hydrogens is 382 g/mol. The molecule has 1 aromatic carbocycles. The predicted molar refractivity (Wildman–Crippen MR) is 115 cm³/mol. The van der Waals surface area contributed by atoms with Crippen LogP contribution in [0.1, 0.15) is 36.7 Å². The number of aromatic amines is 1. The Labute approximate surface area is 174 Å². The fraction of sp³-hybridized carbons (Fsp3) is 0.217. The minimum absolute atomic E-state index is 0.0235. The van der Waals surface area contributed by atoms with Crippen LogP contribution in [0.2, 0.25) is 0 Å². The topological polar surface area (TPSA) is 101 Å². The molecule has 1 amide bonds. The van der Waals surface area contributed by atoms with Gasteiger partial charge in [-0.05, 0) is 49.8 Å². The van der Waals surface area contributed by atoms with Gasteiger partial charge in [0.25, 0.3) is 5.91 Å². The average molecular weight is 405 g/mol. The highest BCUT2D eigenvalue weighted by atomic mass is 16.5. The van der Waals surface area contributed by atoms with Crippen LogP contribution in [-0.4, -0.2) is 40.3 Å². The SMILES string of the molecule is CC(=O)/C=C/c1c[nH]c2ncc(-c3ccc(C(=O)NC[C@H](C)OC(C)=O)cc3)cc12. The summed E-state index contributed by atoms with van der Waals surface area (Å²) in [7, 11) is 0. The van der Waals surface area contributed by atoms with Crippen molar-refractivity contribution in [1.82, 2.24) is 15.3 Å². The van der Waals surface area contributed by atoms with Gasteiger partial charge in [-0.3, -0.25) is 14.4 Å². The van der Waals surface area contributed by atoms with Gasteiger partial charge in [-0.15, -0.1) is 0 Å². The van der Waals surface area contributed by atoms with Crippen LogP contribution >= 0.6 is 0 Å². The lowest BCUT2D eigenvalue weighted by molar-refractivity contribution is -0.145. The molecule has 0 unspecified atom stereocenters. The number of H-pyrrole nitrogens is 1. The molecule has 0 radical (unpaired) electrons. The number of nitrogens with zero attached hydrogens (tertiary/aromatic N) is 1. The fourth-order valence-electron chi connectivity index (χ4n) is 3.00. The Balaban J connectivity index is 1.75. The molecule has 0 fully saturated rings. The fourth-order valence-corrected chi connectivity index (χ4v) is 3.00. The van der Waals surface area contributed by atoms with E-state index in [-0.39, 0.29) is 24.2 Å². The number of hydrogen-bond acceptors (Lipinski definition) is 5. The van der Waals surface area contributed by atoms with Crippen molar-refractivity contribution in [3.8, 4) is 11.1 Å². The van der Waals surface area contributed by atoms with Crippen LogP contribution in [0, 0.1) is 0 Å². The first-order valence-electron chi connectivity index (χ1n) is 9.55. The van der Waals surface area contributed by atoms with E-state index in [0.29, 0.717) is 5.56 Å². The van der Waals surface area contributed by atoms with Crippen molar-refractivity contribution in [2.75, 3.05) is 6.54 Å². The maximum Gasteiger partial charge on any atom is 0.302 e. The zero-order chi connectivity index (χ0) is 21.7. The van der Waals surface area contributed by atoms with E-state index in [4.69, 9.17) is 4.74 Å². The lowest BCUT2D eigenvalue weighted by atomic mass is 10.0. The Hall–Kier alpha value is -3.74. The average Bonchev–Trinajstić information content (AvgIpc) is 3.12. The number of aromatic nitrogens is 2. The summed E-state index contributed by atoms with van der Waals surface area (Å²) < 4.78 is 5.00. The molecule has 3 aromatic rings. The van der Waals surface area contributed by atoms with Crippen LogP contribution in [0.3, 0.4) is 0 Å². The highest BCUT2D eigenvalue weighted by Crippen LogP contribution is 2.25. The number of ether oxygens (including phenoxy) is 1. The summed E-state index contributed by atoms with van der Waals surface area (Å²) >= 11 is 0. The molecule has 0 aliphatic carbocycles. The first-order chi connectivity index (χ1) is 14.3. The van der Waals surface area contributed by atoms with Crippen LogP contribution in [0.4, 0.5) is 0 Å². The maximum atomic E-state index is 12.3. The van der Waals surface area contributed by atoms with Gasteiger partial charge in [-0.2, -0.15) is 0 Å². The number of pyridine rings is 1. The molecule has 2 heterocycles. The van der Waals surface area contributed by atoms with Gasteiger partial charge in [0.1, 0.15) is 11.8 Å². The highest BCUT2D eigenvalue weighted by Gasteiger charge is 2.11. The van der Waals surface area contributed by atoms with Crippen LogP contribution < -0.4 is 5.32 Å². The van der Waals surface area contributed by atoms with E-state index in [1.807, 2.05) is 24.4 Å². The molecule has 0 bridgehead atoms. The number of esters is 1. The molecule has 0 spiro atoms. The Morgan fingerprint density at radius 1 is 1.17 bits per heavy atom. The molecular formula is C23H23N3O4. The quantitative estimate of drug-likeness (QED) is 0.463. The predicted octanol–water partition coefficient (Wildman–Crippen LogP) is 3.51. The molecule has 30 heavy (non-hydrogen) atoms. The zero-order valence-electron chi connectivity index (χ0n) is 17.1. The largest absolute Gasteiger partial charge is 0.461 e. The minimum atomic E-state index is -0.392. The number of carbonyl (C=O) groups is 3. The van der Waals surface area contributed by atoms with Gasteiger partial charge < -0.3 is 15.0 Å². The van der Waals surface area contributed by atoms with Gasteiger partial charge in [0.2, 0.25) is 0 Å². The third kappa shape index (κ3) is 5.20. The lowest BCUT2D eigenvalue weighted by Crippen LogP contribution is -2.32. The van der Waals surface area contributed by atoms with E-state index >= 15 is 0 Å². The van der Waals surface area contributed by atoms with Crippen LogP contribution in [0.25, 0.3) is 28.2 Å². The van der Waals surface area contributed by atoms with E-state index in [1.165, 1.54) is 19.9 Å². The van der Waals surface area contributed by atoms with Crippen molar-refractivity contribution in [1.29, 1.82) is 0 Å². The molecule has 0 saturated heterocycles. The first-order valence-corrected chi connectivity index (χ1v) is 9.55. The molecule has 0 saturated carbocycles. The van der Waals surface area contributed by atoms with Crippen molar-refractivity contribution in [2.24, 2.45) is 0 Å². The summed E-state index contributed by atoms with van der Waals surface area (Å²) in [6, 6.07) is 9.17. The molecule has 7 heteroatoms. The maximum absolute atomic E-state index is 12.3. The van der Waals surface area contributed by atoms with Gasteiger partial charge >= 0.3 is 5.97 Å². The lowest BCUT2D eigenvalue weighted by Gasteiger charge is -2.13. The van der Waals surface area contributed by atoms with Crippen molar-refractivity contribution >= 4 is 34.8 Å². The molecule has 2 aromatic heterocycles. The second-order valence-electron chi connectivity index (χ2n) is 7.02. The van der Waals surface area contributed by atoms with Gasteiger partial charge in [-0.25, -0.2) is 4.98 Å². The number of nitrogens with one attached hydrogen (secondary N) is 2. The summed E-state index contributed by atoms with van der Waals surface area (Å²) in [5.41, 5.74) is 3.94. The van der Waals surface area contributed by atoms with Crippen LogP contribution in [0.15, 0.2) is 48.8 Å². The monoisotopic (exact) mass is 405 g/mol. The number of benzene rings is 1. The molecule has 0 aliphatic rings. The van der Waals surface area contributed by atoms with Gasteiger partial charge in [-0.1, -0.05) is 12.1 Å². The first kappa shape index (κ1) is 21.0. The van der Waals surface area contributed by atoms with E-state index in [0.717, 1.165) is 27.7 Å². The van der Waals surface area contributed by atoms with Crippen molar-refractivity contribution in [3.63, 3.8) is 0 Å². The molecule has 3 rings (SSSR count). The summed E-state index contributed by atoms with van der Waals surface area (Å²) in [4.78, 5) is 42.0. The molecule has 2 N–H and O–H groups in total. The van der Waals surface area contributed by atoms with E-state index in [9.17, 15) is 14.4 Å². The number of fused-ring (bicyclic) bond motifs is 1. The highest BCUT2D eigenvalue weighted by molar-refractivity contribution is 5.97. The zero-order valence-corrected chi connectivity index (χ0v) is 17.1. The van der Waals surface area contributed by atoms with E-state index < -0.39 is 6.10 Å².